The fraction of sp³-hybridized carbons (Fsp3) is 0.222. The number of aromatic nitrogens is 1. The Morgan fingerprint density at radius 3 is 2.74 bits per heavy atom. The van der Waals surface area contributed by atoms with Crippen LogP contribution in [-0.2, 0) is 4.74 Å². The second kappa shape index (κ2) is 8.70. The van der Waals surface area contributed by atoms with Crippen LogP contribution >= 0.6 is 0 Å². The summed E-state index contributed by atoms with van der Waals surface area (Å²) in [5.74, 6) is 1.20. The van der Waals surface area contributed by atoms with Crippen LogP contribution in [0.3, 0.4) is 0 Å². The number of hydrogen-bond donors (Lipinski definition) is 0. The molecule has 0 aliphatic carbocycles. The third kappa shape index (κ3) is 4.93. The van der Waals surface area contributed by atoms with E-state index < -0.39 is 0 Å². The van der Waals surface area contributed by atoms with Crippen LogP contribution < -0.4 is 9.47 Å². The second-order valence-corrected chi connectivity index (χ2v) is 4.71. The normalized spacial score (nSPS) is 10.7. The van der Waals surface area contributed by atoms with E-state index in [-0.39, 0.29) is 12.6 Å². The molecule has 0 spiro atoms. The Kier molecular flexibility index (Phi) is 6.32. The molecule has 0 saturated carbocycles. The van der Waals surface area contributed by atoms with Crippen LogP contribution in [0.25, 0.3) is 6.08 Å². The Hall–Kier alpha value is -2.66. The molecule has 23 heavy (non-hydrogen) atoms. The molecule has 1 aromatic heterocycles. The van der Waals surface area contributed by atoms with Crippen LogP contribution in [0.5, 0.6) is 11.5 Å². The maximum absolute atomic E-state index is 12.0. The van der Waals surface area contributed by atoms with Crippen LogP contribution in [0.1, 0.15) is 22.5 Å². The van der Waals surface area contributed by atoms with Crippen molar-refractivity contribution in [2.45, 2.75) is 6.42 Å². The zero-order chi connectivity index (χ0) is 16.5. The van der Waals surface area contributed by atoms with Crippen molar-refractivity contribution in [3.05, 3.63) is 59.9 Å². The van der Waals surface area contributed by atoms with Gasteiger partial charge in [0.2, 0.25) is 0 Å². The van der Waals surface area contributed by atoms with Crippen molar-refractivity contribution < 1.29 is 19.0 Å². The Morgan fingerprint density at radius 1 is 1.17 bits per heavy atom. The highest BCUT2D eigenvalue weighted by molar-refractivity contribution is 5.95. The molecule has 5 heteroatoms. The number of rotatable bonds is 8. The smallest absolute Gasteiger partial charge is 0.188 e. The third-order valence-corrected chi connectivity index (χ3v) is 3.08. The molecule has 1 aromatic carbocycles. The number of pyridine rings is 1. The van der Waals surface area contributed by atoms with Crippen LogP contribution in [-0.4, -0.2) is 31.8 Å². The molecule has 0 atom stereocenters. The summed E-state index contributed by atoms with van der Waals surface area (Å²) < 4.78 is 15.6. The Balaban J connectivity index is 2.00. The zero-order valence-electron chi connectivity index (χ0n) is 13.2. The molecule has 0 amide bonds. The number of nitrogens with zero attached hydrogens (tertiary/aromatic N) is 1. The molecule has 0 aliphatic heterocycles. The van der Waals surface area contributed by atoms with Crippen molar-refractivity contribution in [3.8, 4) is 11.5 Å². The number of carbonyl (C=O) groups is 1. The molecular weight excluding hydrogens is 294 g/mol. The SMILES string of the molecule is COCOc1ccc(/C=C/CC(=O)c2ccccn2)cc1OC. The van der Waals surface area contributed by atoms with Gasteiger partial charge in [0.05, 0.1) is 7.11 Å². The summed E-state index contributed by atoms with van der Waals surface area (Å²) in [6.07, 6.45) is 5.58. The van der Waals surface area contributed by atoms with E-state index in [1.807, 2.05) is 24.3 Å². The fourth-order valence-corrected chi connectivity index (χ4v) is 1.96. The summed E-state index contributed by atoms with van der Waals surface area (Å²) in [5.41, 5.74) is 1.39. The largest absolute Gasteiger partial charge is 0.493 e. The molecule has 0 unspecified atom stereocenters. The molecule has 5 nitrogen and oxygen atoms in total. The maximum atomic E-state index is 12.0. The molecule has 0 fully saturated rings. The van der Waals surface area contributed by atoms with Crippen LogP contribution in [0.15, 0.2) is 48.7 Å². The minimum Gasteiger partial charge on any atom is -0.493 e. The van der Waals surface area contributed by atoms with Gasteiger partial charge in [-0.25, -0.2) is 0 Å². The van der Waals surface area contributed by atoms with Gasteiger partial charge in [0.15, 0.2) is 24.1 Å². The lowest BCUT2D eigenvalue weighted by molar-refractivity contribution is 0.0491. The average Bonchev–Trinajstić information content (AvgIpc) is 2.61. The number of benzene rings is 1. The van der Waals surface area contributed by atoms with Crippen molar-refractivity contribution >= 4 is 11.9 Å². The van der Waals surface area contributed by atoms with Gasteiger partial charge in [0, 0.05) is 19.7 Å². The summed E-state index contributed by atoms with van der Waals surface area (Å²) in [6, 6.07) is 10.8. The molecular formula is C18H19NO4. The van der Waals surface area contributed by atoms with Crippen LogP contribution in [0.2, 0.25) is 0 Å². The molecule has 0 radical (unpaired) electrons. The van der Waals surface area contributed by atoms with Crippen molar-refractivity contribution in [2.75, 3.05) is 21.0 Å². The van der Waals surface area contributed by atoms with E-state index in [0.29, 0.717) is 23.6 Å². The summed E-state index contributed by atoms with van der Waals surface area (Å²) in [4.78, 5) is 16.0. The number of hydrogen-bond acceptors (Lipinski definition) is 5. The predicted octanol–water partition coefficient (Wildman–Crippen LogP) is 3.36. The van der Waals surface area contributed by atoms with Gasteiger partial charge in [-0.1, -0.05) is 24.3 Å². The summed E-state index contributed by atoms with van der Waals surface area (Å²) in [7, 11) is 3.13. The van der Waals surface area contributed by atoms with Crippen molar-refractivity contribution in [1.82, 2.24) is 4.98 Å². The third-order valence-electron chi connectivity index (χ3n) is 3.08. The molecule has 0 bridgehead atoms. The number of allylic oxidation sites excluding steroid dienone is 1. The maximum Gasteiger partial charge on any atom is 0.188 e. The van der Waals surface area contributed by atoms with E-state index in [1.165, 1.54) is 0 Å². The standard InChI is InChI=1S/C18H19NO4/c1-21-13-23-17-10-9-14(12-18(17)22-2)6-5-8-16(20)15-7-3-4-11-19-15/h3-7,9-12H,8,13H2,1-2H3/b6-5+. The number of ether oxygens (including phenoxy) is 3. The van der Waals surface area contributed by atoms with Crippen LogP contribution in [0, 0.1) is 0 Å². The monoisotopic (exact) mass is 313 g/mol. The number of ketones is 1. The van der Waals surface area contributed by atoms with Gasteiger partial charge in [0.1, 0.15) is 5.69 Å². The fourth-order valence-electron chi connectivity index (χ4n) is 1.96. The summed E-state index contributed by atoms with van der Waals surface area (Å²) in [6.45, 7) is 0.157. The van der Waals surface area contributed by atoms with E-state index in [4.69, 9.17) is 14.2 Å². The predicted molar refractivity (Wildman–Crippen MR) is 87.7 cm³/mol. The van der Waals surface area contributed by atoms with Gasteiger partial charge in [0.25, 0.3) is 0 Å². The quantitative estimate of drug-likeness (QED) is 0.552. The van der Waals surface area contributed by atoms with Gasteiger partial charge >= 0.3 is 0 Å². The first-order valence-corrected chi connectivity index (χ1v) is 7.15. The first kappa shape index (κ1) is 16.7. The van der Waals surface area contributed by atoms with Gasteiger partial charge in [-0.3, -0.25) is 9.78 Å². The summed E-state index contributed by atoms with van der Waals surface area (Å²) >= 11 is 0. The number of Topliss-reactive ketones (excluding diaryl/α,β-unsaturated/α-hetero) is 1. The van der Waals surface area contributed by atoms with E-state index >= 15 is 0 Å². The van der Waals surface area contributed by atoms with E-state index in [9.17, 15) is 4.79 Å². The summed E-state index contributed by atoms with van der Waals surface area (Å²) in [5, 5.41) is 0. The molecule has 0 aliphatic rings. The molecule has 0 N–H and O–H groups in total. The Morgan fingerprint density at radius 2 is 2.04 bits per heavy atom. The minimum absolute atomic E-state index is 0.0196. The molecule has 1 heterocycles. The zero-order valence-corrected chi connectivity index (χ0v) is 13.2. The van der Waals surface area contributed by atoms with Gasteiger partial charge < -0.3 is 14.2 Å². The first-order chi connectivity index (χ1) is 11.2. The van der Waals surface area contributed by atoms with Crippen molar-refractivity contribution in [1.29, 1.82) is 0 Å². The topological polar surface area (TPSA) is 57.7 Å². The number of methoxy groups -OCH3 is 2. The van der Waals surface area contributed by atoms with E-state index in [1.54, 1.807) is 44.7 Å². The highest BCUT2D eigenvalue weighted by Gasteiger charge is 2.06. The number of carbonyl (C=O) groups excluding carboxylic acids is 1. The Bertz CT molecular complexity index is 668. The van der Waals surface area contributed by atoms with Crippen molar-refractivity contribution in [2.24, 2.45) is 0 Å². The molecule has 2 aromatic rings. The lowest BCUT2D eigenvalue weighted by atomic mass is 10.1. The molecule has 120 valence electrons. The van der Waals surface area contributed by atoms with Gasteiger partial charge in [-0.2, -0.15) is 0 Å². The Labute approximate surface area is 135 Å². The lowest BCUT2D eigenvalue weighted by Crippen LogP contribution is -2.00. The highest BCUT2D eigenvalue weighted by Crippen LogP contribution is 2.28. The minimum atomic E-state index is -0.0196. The van der Waals surface area contributed by atoms with Gasteiger partial charge in [-0.05, 0) is 29.8 Å². The van der Waals surface area contributed by atoms with E-state index in [2.05, 4.69) is 4.98 Å². The first-order valence-electron chi connectivity index (χ1n) is 7.15. The van der Waals surface area contributed by atoms with E-state index in [0.717, 1.165) is 5.56 Å². The lowest BCUT2D eigenvalue weighted by Gasteiger charge is -2.10. The average molecular weight is 313 g/mol. The van der Waals surface area contributed by atoms with Crippen molar-refractivity contribution in [3.63, 3.8) is 0 Å². The van der Waals surface area contributed by atoms with Crippen LogP contribution in [0.4, 0.5) is 0 Å². The highest BCUT2D eigenvalue weighted by atomic mass is 16.7. The molecule has 0 saturated heterocycles. The second-order valence-electron chi connectivity index (χ2n) is 4.71. The van der Waals surface area contributed by atoms with Gasteiger partial charge in [-0.15, -0.1) is 0 Å². The molecule has 2 rings (SSSR count).